The lowest BCUT2D eigenvalue weighted by Gasteiger charge is -2.22. The smallest absolute Gasteiger partial charge is 0.00646 e. The Labute approximate surface area is 83.4 Å². The number of hydrogen-bond acceptors (Lipinski definition) is 1. The van der Waals surface area contributed by atoms with Gasteiger partial charge in [0.05, 0.1) is 0 Å². The van der Waals surface area contributed by atoms with Crippen LogP contribution in [0, 0.1) is 5.92 Å². The Morgan fingerprint density at radius 2 is 1.92 bits per heavy atom. The zero-order valence-corrected chi connectivity index (χ0v) is 9.47. The van der Waals surface area contributed by atoms with E-state index in [1.54, 1.807) is 0 Å². The van der Waals surface area contributed by atoms with Crippen molar-refractivity contribution in [2.45, 2.75) is 58.9 Å². The summed E-state index contributed by atoms with van der Waals surface area (Å²) in [4.78, 5) is 0. The molecule has 0 aliphatic rings. The molecule has 0 bridgehead atoms. The first kappa shape index (κ1) is 12.7. The molecule has 1 nitrogen and oxygen atoms in total. The average Bonchev–Trinajstić information content (AvgIpc) is 2.10. The van der Waals surface area contributed by atoms with Crippen LogP contribution in [0.25, 0.3) is 0 Å². The van der Waals surface area contributed by atoms with Gasteiger partial charge in [0.1, 0.15) is 0 Å². The van der Waals surface area contributed by atoms with Crippen molar-refractivity contribution < 1.29 is 0 Å². The van der Waals surface area contributed by atoms with Gasteiger partial charge in [0.25, 0.3) is 0 Å². The normalized spacial score (nSPS) is 15.4. The zero-order chi connectivity index (χ0) is 10.3. The maximum absolute atomic E-state index is 6.06. The second kappa shape index (κ2) is 7.14. The molecule has 0 spiro atoms. The molecule has 1 unspecified atom stereocenters. The van der Waals surface area contributed by atoms with Crippen LogP contribution in [0.1, 0.15) is 52.9 Å². The Morgan fingerprint density at radius 3 is 2.31 bits per heavy atom. The van der Waals surface area contributed by atoms with Crippen LogP contribution in [0.4, 0.5) is 0 Å². The molecule has 13 heavy (non-hydrogen) atoms. The van der Waals surface area contributed by atoms with Gasteiger partial charge in [-0.15, -0.1) is 6.58 Å². The molecule has 78 valence electrons. The van der Waals surface area contributed by atoms with E-state index in [0.29, 0.717) is 12.0 Å². The topological polar surface area (TPSA) is 26.0 Å². The SMILES string of the molecule is C=C(C)CCC(CCC)[C@@H](N)CC. The van der Waals surface area contributed by atoms with E-state index >= 15 is 0 Å². The van der Waals surface area contributed by atoms with E-state index < -0.39 is 0 Å². The van der Waals surface area contributed by atoms with Crippen molar-refractivity contribution in [3.05, 3.63) is 12.2 Å². The van der Waals surface area contributed by atoms with Gasteiger partial charge in [0.15, 0.2) is 0 Å². The van der Waals surface area contributed by atoms with Crippen LogP contribution >= 0.6 is 0 Å². The first-order valence-corrected chi connectivity index (χ1v) is 5.51. The fourth-order valence-corrected chi connectivity index (χ4v) is 1.71. The number of hydrogen-bond donors (Lipinski definition) is 1. The van der Waals surface area contributed by atoms with E-state index in [-0.39, 0.29) is 0 Å². The number of allylic oxidation sites excluding steroid dienone is 1. The molecule has 0 aromatic rings. The lowest BCUT2D eigenvalue weighted by atomic mass is 9.88. The molecule has 2 atom stereocenters. The Bertz CT molecular complexity index is 140. The highest BCUT2D eigenvalue weighted by atomic mass is 14.6. The summed E-state index contributed by atoms with van der Waals surface area (Å²) >= 11 is 0. The summed E-state index contributed by atoms with van der Waals surface area (Å²) in [5, 5.41) is 0. The minimum atomic E-state index is 0.388. The molecule has 0 saturated heterocycles. The van der Waals surface area contributed by atoms with E-state index in [2.05, 4.69) is 27.4 Å². The first-order valence-electron chi connectivity index (χ1n) is 5.51. The standard InChI is InChI=1S/C12H25N/c1-5-7-11(12(13)6-2)9-8-10(3)4/h11-12H,3,5-9,13H2,1-2,4H3/t11?,12-/m0/s1. The molecule has 2 N–H and O–H groups in total. The first-order chi connectivity index (χ1) is 6.11. The quantitative estimate of drug-likeness (QED) is 0.601. The summed E-state index contributed by atoms with van der Waals surface area (Å²) in [6.07, 6.45) is 5.97. The second-order valence-corrected chi connectivity index (χ2v) is 4.12. The molecule has 0 aliphatic heterocycles. The molecule has 1 heteroatoms. The fraction of sp³-hybridized carbons (Fsp3) is 0.833. The highest BCUT2D eigenvalue weighted by Crippen LogP contribution is 2.20. The second-order valence-electron chi connectivity index (χ2n) is 4.12. The molecule has 0 amide bonds. The molecule has 0 aliphatic carbocycles. The maximum atomic E-state index is 6.06. The van der Waals surface area contributed by atoms with Gasteiger partial charge in [0, 0.05) is 6.04 Å². The molecule has 0 fully saturated rings. The van der Waals surface area contributed by atoms with Crippen molar-refractivity contribution in [2.75, 3.05) is 0 Å². The number of rotatable bonds is 7. The predicted molar refractivity (Wildman–Crippen MR) is 60.7 cm³/mol. The summed E-state index contributed by atoms with van der Waals surface area (Å²) in [6, 6.07) is 0.388. The van der Waals surface area contributed by atoms with Crippen LogP contribution in [0.2, 0.25) is 0 Å². The summed E-state index contributed by atoms with van der Waals surface area (Å²) in [5.74, 6) is 0.701. The van der Waals surface area contributed by atoms with E-state index in [1.807, 2.05) is 0 Å². The summed E-state index contributed by atoms with van der Waals surface area (Å²) in [5.41, 5.74) is 7.34. The van der Waals surface area contributed by atoms with E-state index in [4.69, 9.17) is 5.73 Å². The third-order valence-corrected chi connectivity index (χ3v) is 2.68. The zero-order valence-electron chi connectivity index (χ0n) is 9.47. The molecule has 0 radical (unpaired) electrons. The minimum absolute atomic E-state index is 0.388. The lowest BCUT2D eigenvalue weighted by Crippen LogP contribution is -2.29. The van der Waals surface area contributed by atoms with Gasteiger partial charge in [-0.3, -0.25) is 0 Å². The van der Waals surface area contributed by atoms with Crippen molar-refractivity contribution >= 4 is 0 Å². The van der Waals surface area contributed by atoms with Crippen LogP contribution in [0.3, 0.4) is 0 Å². The summed E-state index contributed by atoms with van der Waals surface area (Å²) in [6.45, 7) is 10.4. The molecule has 0 aromatic heterocycles. The highest BCUT2D eigenvalue weighted by Gasteiger charge is 2.14. The Kier molecular flexibility index (Phi) is 6.97. The Balaban J connectivity index is 3.86. The van der Waals surface area contributed by atoms with Crippen molar-refractivity contribution in [3.63, 3.8) is 0 Å². The van der Waals surface area contributed by atoms with Crippen LogP contribution in [0.5, 0.6) is 0 Å². The predicted octanol–water partition coefficient (Wildman–Crippen LogP) is 3.50. The van der Waals surface area contributed by atoms with Crippen molar-refractivity contribution in [1.29, 1.82) is 0 Å². The van der Waals surface area contributed by atoms with Crippen LogP contribution in [-0.2, 0) is 0 Å². The monoisotopic (exact) mass is 183 g/mol. The summed E-state index contributed by atoms with van der Waals surface area (Å²) < 4.78 is 0. The van der Waals surface area contributed by atoms with Gasteiger partial charge in [-0.1, -0.05) is 25.8 Å². The van der Waals surface area contributed by atoms with Gasteiger partial charge in [0.2, 0.25) is 0 Å². The molecular weight excluding hydrogens is 158 g/mol. The van der Waals surface area contributed by atoms with Crippen molar-refractivity contribution in [1.82, 2.24) is 0 Å². The minimum Gasteiger partial charge on any atom is -0.327 e. The fourth-order valence-electron chi connectivity index (χ4n) is 1.71. The summed E-state index contributed by atoms with van der Waals surface area (Å²) in [7, 11) is 0. The van der Waals surface area contributed by atoms with E-state index in [0.717, 1.165) is 12.8 Å². The maximum Gasteiger partial charge on any atom is 0.00646 e. The third-order valence-electron chi connectivity index (χ3n) is 2.68. The third kappa shape index (κ3) is 5.87. The van der Waals surface area contributed by atoms with Crippen molar-refractivity contribution in [2.24, 2.45) is 11.7 Å². The molecule has 0 rings (SSSR count). The molecule has 0 saturated carbocycles. The Hall–Kier alpha value is -0.300. The van der Waals surface area contributed by atoms with Crippen LogP contribution < -0.4 is 5.73 Å². The van der Waals surface area contributed by atoms with Gasteiger partial charge in [-0.05, 0) is 38.5 Å². The van der Waals surface area contributed by atoms with Gasteiger partial charge >= 0.3 is 0 Å². The Morgan fingerprint density at radius 1 is 1.31 bits per heavy atom. The van der Waals surface area contributed by atoms with Gasteiger partial charge in [-0.25, -0.2) is 0 Å². The van der Waals surface area contributed by atoms with E-state index in [1.165, 1.54) is 24.8 Å². The van der Waals surface area contributed by atoms with Crippen LogP contribution in [0.15, 0.2) is 12.2 Å². The van der Waals surface area contributed by atoms with Gasteiger partial charge < -0.3 is 5.73 Å². The number of nitrogens with two attached hydrogens (primary N) is 1. The van der Waals surface area contributed by atoms with E-state index in [9.17, 15) is 0 Å². The van der Waals surface area contributed by atoms with Gasteiger partial charge in [-0.2, -0.15) is 0 Å². The van der Waals surface area contributed by atoms with Crippen molar-refractivity contribution in [3.8, 4) is 0 Å². The largest absolute Gasteiger partial charge is 0.327 e. The highest BCUT2D eigenvalue weighted by molar-refractivity contribution is 4.89. The lowest BCUT2D eigenvalue weighted by molar-refractivity contribution is 0.358. The molecule has 0 heterocycles. The molecular formula is C12H25N. The average molecular weight is 183 g/mol. The molecule has 0 aromatic carbocycles. The van der Waals surface area contributed by atoms with Crippen LogP contribution in [-0.4, -0.2) is 6.04 Å².